The van der Waals surface area contributed by atoms with Crippen molar-refractivity contribution in [2.24, 2.45) is 5.73 Å². The van der Waals surface area contributed by atoms with Gasteiger partial charge in [0, 0.05) is 5.56 Å². The smallest absolute Gasteiger partial charge is 0.181 e. The lowest BCUT2D eigenvalue weighted by atomic mass is 10.0. The Morgan fingerprint density at radius 1 is 1.56 bits per heavy atom. The van der Waals surface area contributed by atoms with Crippen LogP contribution in [0.5, 0.6) is 0 Å². The van der Waals surface area contributed by atoms with E-state index in [1.54, 1.807) is 0 Å². The lowest BCUT2D eigenvalue weighted by molar-refractivity contribution is 0.0956. The molecule has 0 saturated carbocycles. The summed E-state index contributed by atoms with van der Waals surface area (Å²) in [5, 5.41) is 0.248. The molecule has 0 aliphatic carbocycles. The molecule has 1 aromatic carbocycles. The van der Waals surface area contributed by atoms with Gasteiger partial charge >= 0.3 is 0 Å². The molecule has 4 heteroatoms. The fraction of sp³-hybridized carbons (Fsp3) is 0.417. The van der Waals surface area contributed by atoms with Crippen LogP contribution >= 0.6 is 11.6 Å². The molecule has 0 aliphatic rings. The van der Waals surface area contributed by atoms with Gasteiger partial charge in [0.25, 0.3) is 0 Å². The molecule has 0 aliphatic heterocycles. The predicted octanol–water partition coefficient (Wildman–Crippen LogP) is 3.18. The van der Waals surface area contributed by atoms with Crippen molar-refractivity contribution in [1.29, 1.82) is 0 Å². The van der Waals surface area contributed by atoms with Crippen molar-refractivity contribution in [1.82, 2.24) is 0 Å². The molecule has 0 heterocycles. The van der Waals surface area contributed by atoms with Crippen molar-refractivity contribution in [2.75, 3.05) is 0 Å². The molecule has 0 amide bonds. The molecular formula is C12H15ClFNO. The third kappa shape index (κ3) is 3.29. The van der Waals surface area contributed by atoms with Crippen LogP contribution in [0.15, 0.2) is 18.2 Å². The third-order valence-electron chi connectivity index (χ3n) is 2.40. The Morgan fingerprint density at radius 2 is 2.25 bits per heavy atom. The molecule has 2 nitrogen and oxygen atoms in total. The van der Waals surface area contributed by atoms with Crippen molar-refractivity contribution in [3.8, 4) is 0 Å². The maximum atomic E-state index is 13.0. The van der Waals surface area contributed by atoms with Gasteiger partial charge in [-0.2, -0.15) is 0 Å². The van der Waals surface area contributed by atoms with Crippen LogP contribution in [0, 0.1) is 5.82 Å². The van der Waals surface area contributed by atoms with Crippen molar-refractivity contribution >= 4 is 17.4 Å². The van der Waals surface area contributed by atoms with Crippen LogP contribution < -0.4 is 5.73 Å². The van der Waals surface area contributed by atoms with Crippen molar-refractivity contribution in [2.45, 2.75) is 32.2 Å². The highest BCUT2D eigenvalue weighted by Crippen LogP contribution is 2.19. The normalized spacial score (nSPS) is 12.5. The van der Waals surface area contributed by atoms with Gasteiger partial charge in [-0.15, -0.1) is 0 Å². The second-order valence-corrected chi connectivity index (χ2v) is 4.14. The summed E-state index contributed by atoms with van der Waals surface area (Å²) in [6, 6.07) is 3.13. The van der Waals surface area contributed by atoms with E-state index in [0.29, 0.717) is 6.42 Å². The Balaban J connectivity index is 2.83. The summed E-state index contributed by atoms with van der Waals surface area (Å²) in [5.41, 5.74) is 5.90. The molecule has 0 radical (unpaired) electrons. The number of halogens is 2. The van der Waals surface area contributed by atoms with Crippen LogP contribution in [-0.2, 0) is 0 Å². The number of carbonyl (C=O) groups is 1. The Bertz CT molecular complexity index is 381. The van der Waals surface area contributed by atoms with Crippen LogP contribution in [0.4, 0.5) is 4.39 Å². The van der Waals surface area contributed by atoms with E-state index >= 15 is 0 Å². The van der Waals surface area contributed by atoms with Crippen molar-refractivity contribution < 1.29 is 9.18 Å². The SMILES string of the molecule is CCCCC(N)C(=O)c1cc(F)ccc1Cl. The molecule has 1 atom stereocenters. The number of hydrogen-bond donors (Lipinski definition) is 1. The molecule has 0 spiro atoms. The van der Waals surface area contributed by atoms with Gasteiger partial charge in [0.1, 0.15) is 5.82 Å². The number of ketones is 1. The summed E-state index contributed by atoms with van der Waals surface area (Å²) in [6.45, 7) is 2.02. The largest absolute Gasteiger partial charge is 0.321 e. The molecule has 0 fully saturated rings. The second-order valence-electron chi connectivity index (χ2n) is 3.74. The highest BCUT2D eigenvalue weighted by Gasteiger charge is 2.18. The first-order valence-corrected chi connectivity index (χ1v) is 5.69. The minimum absolute atomic E-state index is 0.172. The maximum Gasteiger partial charge on any atom is 0.181 e. The van der Waals surface area contributed by atoms with Crippen LogP contribution in [0.3, 0.4) is 0 Å². The van der Waals surface area contributed by atoms with Gasteiger partial charge in [0.2, 0.25) is 0 Å². The van der Waals surface area contributed by atoms with Gasteiger partial charge in [0.15, 0.2) is 5.78 Å². The lowest BCUT2D eigenvalue weighted by Gasteiger charge is -2.11. The Hall–Kier alpha value is -0.930. The van der Waals surface area contributed by atoms with Crippen LogP contribution in [0.25, 0.3) is 0 Å². The van der Waals surface area contributed by atoms with E-state index in [-0.39, 0.29) is 16.4 Å². The first-order valence-electron chi connectivity index (χ1n) is 5.31. The lowest BCUT2D eigenvalue weighted by Crippen LogP contribution is -2.30. The molecule has 88 valence electrons. The van der Waals surface area contributed by atoms with Gasteiger partial charge in [-0.3, -0.25) is 4.79 Å². The van der Waals surface area contributed by atoms with Gasteiger partial charge in [-0.1, -0.05) is 31.4 Å². The van der Waals surface area contributed by atoms with Crippen molar-refractivity contribution in [3.63, 3.8) is 0 Å². The zero-order valence-electron chi connectivity index (χ0n) is 9.17. The van der Waals surface area contributed by atoms with Gasteiger partial charge in [0.05, 0.1) is 11.1 Å². The number of hydrogen-bond acceptors (Lipinski definition) is 2. The van der Waals surface area contributed by atoms with E-state index in [0.717, 1.165) is 18.9 Å². The topological polar surface area (TPSA) is 43.1 Å². The zero-order valence-corrected chi connectivity index (χ0v) is 9.93. The summed E-state index contributed by atoms with van der Waals surface area (Å²) in [6.07, 6.45) is 2.44. The fourth-order valence-corrected chi connectivity index (χ4v) is 1.65. The maximum absolute atomic E-state index is 13.0. The summed E-state index contributed by atoms with van der Waals surface area (Å²) in [7, 11) is 0. The Labute approximate surface area is 99.6 Å². The Morgan fingerprint density at radius 3 is 2.88 bits per heavy atom. The number of carbonyl (C=O) groups excluding carboxylic acids is 1. The van der Waals surface area contributed by atoms with Crippen LogP contribution in [0.1, 0.15) is 36.5 Å². The number of Topliss-reactive ketones (excluding diaryl/α,β-unsaturated/α-hetero) is 1. The van der Waals surface area contributed by atoms with Gasteiger partial charge in [-0.05, 0) is 24.6 Å². The van der Waals surface area contributed by atoms with Crippen LogP contribution in [0.2, 0.25) is 5.02 Å². The first-order chi connectivity index (χ1) is 7.56. The van der Waals surface area contributed by atoms with Gasteiger partial charge < -0.3 is 5.73 Å². The summed E-state index contributed by atoms with van der Waals surface area (Å²) in [5.74, 6) is -0.770. The zero-order chi connectivity index (χ0) is 12.1. The minimum Gasteiger partial charge on any atom is -0.321 e. The average molecular weight is 244 g/mol. The van der Waals surface area contributed by atoms with Crippen molar-refractivity contribution in [3.05, 3.63) is 34.6 Å². The van der Waals surface area contributed by atoms with E-state index in [1.807, 2.05) is 6.92 Å². The van der Waals surface area contributed by atoms with E-state index in [4.69, 9.17) is 17.3 Å². The van der Waals surface area contributed by atoms with Crippen LogP contribution in [-0.4, -0.2) is 11.8 Å². The quantitative estimate of drug-likeness (QED) is 0.808. The molecule has 1 unspecified atom stereocenters. The summed E-state index contributed by atoms with van der Waals surface area (Å²) < 4.78 is 13.0. The first kappa shape index (κ1) is 13.1. The Kier molecular flexibility index (Phi) is 4.90. The number of nitrogens with two attached hydrogens (primary N) is 1. The molecule has 1 rings (SSSR count). The predicted molar refractivity (Wildman–Crippen MR) is 63.2 cm³/mol. The average Bonchev–Trinajstić information content (AvgIpc) is 2.28. The van der Waals surface area contributed by atoms with E-state index in [9.17, 15) is 9.18 Å². The highest BCUT2D eigenvalue weighted by atomic mass is 35.5. The number of benzene rings is 1. The second kappa shape index (κ2) is 5.97. The van der Waals surface area contributed by atoms with E-state index < -0.39 is 11.9 Å². The van der Waals surface area contributed by atoms with E-state index in [1.165, 1.54) is 12.1 Å². The molecule has 1 aromatic rings. The number of unbranched alkanes of at least 4 members (excludes halogenated alkanes) is 1. The summed E-state index contributed by atoms with van der Waals surface area (Å²) in [4.78, 5) is 11.8. The van der Waals surface area contributed by atoms with E-state index in [2.05, 4.69) is 0 Å². The number of rotatable bonds is 5. The molecule has 2 N–H and O–H groups in total. The fourth-order valence-electron chi connectivity index (χ4n) is 1.44. The molecule has 16 heavy (non-hydrogen) atoms. The minimum atomic E-state index is -0.598. The highest BCUT2D eigenvalue weighted by molar-refractivity contribution is 6.34. The third-order valence-corrected chi connectivity index (χ3v) is 2.73. The van der Waals surface area contributed by atoms with Gasteiger partial charge in [-0.25, -0.2) is 4.39 Å². The molecular weight excluding hydrogens is 229 g/mol. The monoisotopic (exact) mass is 243 g/mol. The summed E-state index contributed by atoms with van der Waals surface area (Å²) >= 11 is 5.83. The molecule has 0 aromatic heterocycles. The molecule has 0 bridgehead atoms. The standard InChI is InChI=1S/C12H15ClFNO/c1-2-3-4-11(15)12(16)9-7-8(14)5-6-10(9)13/h5-7,11H,2-4,15H2,1H3. The molecule has 0 saturated heterocycles.